The Bertz CT molecular complexity index is 1100. The fourth-order valence-electron chi connectivity index (χ4n) is 3.43. The molecule has 8 nitrogen and oxygen atoms in total. The lowest BCUT2D eigenvalue weighted by Crippen LogP contribution is -2.24. The molecular weight excluding hydrogens is 424 g/mol. The van der Waals surface area contributed by atoms with Gasteiger partial charge in [-0.15, -0.1) is 0 Å². The van der Waals surface area contributed by atoms with Crippen LogP contribution in [0.25, 0.3) is 6.08 Å². The molecule has 0 aromatic heterocycles. The molecule has 0 spiro atoms. The van der Waals surface area contributed by atoms with E-state index in [1.54, 1.807) is 68.5 Å². The lowest BCUT2D eigenvalue weighted by molar-refractivity contribution is -0.138. The number of benzene rings is 2. The lowest BCUT2D eigenvalue weighted by atomic mass is 10.0. The molecule has 0 saturated carbocycles. The lowest BCUT2D eigenvalue weighted by Gasteiger charge is -2.18. The Kier molecular flexibility index (Phi) is 7.50. The largest absolute Gasteiger partial charge is 0.494 e. The van der Waals surface area contributed by atoms with Crippen LogP contribution in [0.3, 0.4) is 0 Å². The van der Waals surface area contributed by atoms with Crippen molar-refractivity contribution in [3.63, 3.8) is 0 Å². The van der Waals surface area contributed by atoms with Crippen molar-refractivity contribution in [1.82, 2.24) is 0 Å². The van der Waals surface area contributed by atoms with E-state index in [1.807, 2.05) is 6.92 Å². The molecule has 3 rings (SSSR count). The van der Waals surface area contributed by atoms with Crippen LogP contribution in [0, 0.1) is 0 Å². The Morgan fingerprint density at radius 3 is 2.12 bits per heavy atom. The number of nitrogens with two attached hydrogens (primary N) is 1. The summed E-state index contributed by atoms with van der Waals surface area (Å²) in [4.78, 5) is 38.5. The second-order valence-electron chi connectivity index (χ2n) is 7.13. The number of carbonyl (C=O) groups excluding carboxylic acids is 3. The number of esters is 1. The van der Waals surface area contributed by atoms with Gasteiger partial charge in [0.2, 0.25) is 0 Å². The zero-order valence-electron chi connectivity index (χ0n) is 18.8. The Balaban J connectivity index is 1.96. The number of rotatable bonds is 9. The van der Waals surface area contributed by atoms with Crippen molar-refractivity contribution in [3.05, 3.63) is 70.9 Å². The van der Waals surface area contributed by atoms with Crippen molar-refractivity contribution in [1.29, 1.82) is 0 Å². The van der Waals surface area contributed by atoms with Crippen molar-refractivity contribution in [2.24, 2.45) is 5.73 Å². The summed E-state index contributed by atoms with van der Waals surface area (Å²) in [7, 11) is 0. The van der Waals surface area contributed by atoms with Crippen LogP contribution in [0.5, 0.6) is 11.5 Å². The molecule has 0 unspecified atom stereocenters. The number of ether oxygens (including phenoxy) is 3. The summed E-state index contributed by atoms with van der Waals surface area (Å²) in [5.41, 5.74) is 7.30. The fraction of sp³-hybridized carbons (Fsp3) is 0.240. The second-order valence-corrected chi connectivity index (χ2v) is 7.13. The molecule has 0 saturated heterocycles. The third kappa shape index (κ3) is 5.41. The molecule has 0 radical (unpaired) electrons. The highest BCUT2D eigenvalue weighted by molar-refractivity contribution is 6.23. The molecule has 1 heterocycles. The molecule has 0 fully saturated rings. The number of nitrogens with zero attached hydrogens (tertiary/aromatic N) is 1. The Morgan fingerprint density at radius 2 is 1.55 bits per heavy atom. The van der Waals surface area contributed by atoms with Crippen molar-refractivity contribution >= 4 is 29.5 Å². The molecule has 8 heteroatoms. The van der Waals surface area contributed by atoms with E-state index in [2.05, 4.69) is 0 Å². The van der Waals surface area contributed by atoms with Gasteiger partial charge in [0.1, 0.15) is 11.5 Å². The molecule has 1 aliphatic rings. The Labute approximate surface area is 192 Å². The second kappa shape index (κ2) is 10.5. The number of primary amides is 1. The van der Waals surface area contributed by atoms with Gasteiger partial charge in [0.05, 0.1) is 24.4 Å². The highest BCUT2D eigenvalue weighted by Gasteiger charge is 2.38. The van der Waals surface area contributed by atoms with Gasteiger partial charge in [-0.2, -0.15) is 0 Å². The maximum absolute atomic E-state index is 13.4. The van der Waals surface area contributed by atoms with Crippen LogP contribution in [0.15, 0.2) is 65.4 Å². The third-order valence-electron chi connectivity index (χ3n) is 4.86. The predicted octanol–water partition coefficient (Wildman–Crippen LogP) is 3.22. The average Bonchev–Trinajstić information content (AvgIpc) is 3.03. The molecular formula is C25H26N2O6. The first kappa shape index (κ1) is 23.6. The van der Waals surface area contributed by atoms with Crippen LogP contribution in [-0.4, -0.2) is 37.6 Å². The molecule has 0 atom stereocenters. The monoisotopic (exact) mass is 450 g/mol. The van der Waals surface area contributed by atoms with E-state index in [4.69, 9.17) is 19.9 Å². The van der Waals surface area contributed by atoms with E-state index < -0.39 is 11.9 Å². The van der Waals surface area contributed by atoms with Gasteiger partial charge in [0, 0.05) is 11.4 Å². The highest BCUT2D eigenvalue weighted by Crippen LogP contribution is 2.36. The smallest absolute Gasteiger partial charge is 0.340 e. The van der Waals surface area contributed by atoms with Crippen LogP contribution in [-0.2, 0) is 19.1 Å². The average molecular weight is 450 g/mol. The van der Waals surface area contributed by atoms with Gasteiger partial charge >= 0.3 is 5.97 Å². The third-order valence-corrected chi connectivity index (χ3v) is 4.86. The van der Waals surface area contributed by atoms with Gasteiger partial charge < -0.3 is 19.9 Å². The summed E-state index contributed by atoms with van der Waals surface area (Å²) in [5, 5.41) is 0. The summed E-state index contributed by atoms with van der Waals surface area (Å²) < 4.78 is 16.0. The van der Waals surface area contributed by atoms with Crippen LogP contribution in [0.4, 0.5) is 5.69 Å². The molecule has 2 aromatic carbocycles. The van der Waals surface area contributed by atoms with Crippen molar-refractivity contribution in [2.45, 2.75) is 20.8 Å². The Hall–Kier alpha value is -4.07. The first-order valence-corrected chi connectivity index (χ1v) is 10.5. The molecule has 2 N–H and O–H groups in total. The molecule has 2 amide bonds. The first-order valence-electron chi connectivity index (χ1n) is 10.5. The van der Waals surface area contributed by atoms with Crippen LogP contribution >= 0.6 is 0 Å². The fourth-order valence-corrected chi connectivity index (χ4v) is 3.43. The first-order chi connectivity index (χ1) is 15.8. The standard InChI is InChI=1S/C25H26N2O6/c1-4-31-19-12-8-18(9-13-19)27-16(3)23(25(30)32-5-2)21(24(27)29)14-17-6-10-20(11-7-17)33-15-22(26)28/h6-14H,4-5,15H2,1-3H3,(H2,26,28)/b21-14-. The minimum absolute atomic E-state index is 0.187. The van der Waals surface area contributed by atoms with E-state index in [9.17, 15) is 14.4 Å². The summed E-state index contributed by atoms with van der Waals surface area (Å²) in [5.74, 6) is -0.332. The topological polar surface area (TPSA) is 108 Å². The Morgan fingerprint density at radius 1 is 0.939 bits per heavy atom. The molecule has 0 aliphatic carbocycles. The zero-order valence-corrected chi connectivity index (χ0v) is 18.8. The van der Waals surface area contributed by atoms with E-state index in [0.717, 1.165) is 0 Å². The SMILES string of the molecule is CCOC(=O)C1=C(C)N(c2ccc(OCC)cc2)C(=O)/C1=C\c1ccc(OCC(N)=O)cc1. The van der Waals surface area contributed by atoms with Crippen LogP contribution < -0.4 is 20.1 Å². The number of amides is 2. The van der Waals surface area contributed by atoms with Gasteiger partial charge in [0.15, 0.2) is 6.61 Å². The van der Waals surface area contributed by atoms with Gasteiger partial charge in [-0.25, -0.2) is 4.79 Å². The molecule has 0 bridgehead atoms. The van der Waals surface area contributed by atoms with Crippen LogP contribution in [0.1, 0.15) is 26.3 Å². The van der Waals surface area contributed by atoms with Crippen molar-refractivity contribution in [2.75, 3.05) is 24.7 Å². The summed E-state index contributed by atoms with van der Waals surface area (Å²) in [6.45, 7) is 5.80. The predicted molar refractivity (Wildman–Crippen MR) is 124 cm³/mol. The quantitative estimate of drug-likeness (QED) is 0.464. The van der Waals surface area contributed by atoms with E-state index in [1.165, 1.54) is 4.90 Å². The molecule has 172 valence electrons. The summed E-state index contributed by atoms with van der Waals surface area (Å²) in [6, 6.07) is 13.8. The summed E-state index contributed by atoms with van der Waals surface area (Å²) in [6.07, 6.45) is 1.63. The van der Waals surface area contributed by atoms with E-state index in [-0.39, 0.29) is 30.3 Å². The highest BCUT2D eigenvalue weighted by atomic mass is 16.5. The number of hydrogen-bond donors (Lipinski definition) is 1. The van der Waals surface area contributed by atoms with E-state index >= 15 is 0 Å². The van der Waals surface area contributed by atoms with Gasteiger partial charge in [-0.3, -0.25) is 14.5 Å². The molecule has 1 aliphatic heterocycles. The van der Waals surface area contributed by atoms with Crippen molar-refractivity contribution < 1.29 is 28.6 Å². The number of hydrogen-bond acceptors (Lipinski definition) is 6. The minimum atomic E-state index is -0.577. The minimum Gasteiger partial charge on any atom is -0.494 e. The maximum atomic E-state index is 13.4. The zero-order chi connectivity index (χ0) is 24.0. The van der Waals surface area contributed by atoms with Gasteiger partial charge in [0.25, 0.3) is 11.8 Å². The maximum Gasteiger partial charge on any atom is 0.340 e. The van der Waals surface area contributed by atoms with Crippen molar-refractivity contribution in [3.8, 4) is 11.5 Å². The van der Waals surface area contributed by atoms with Gasteiger partial charge in [-0.1, -0.05) is 12.1 Å². The molecule has 2 aromatic rings. The van der Waals surface area contributed by atoms with Gasteiger partial charge in [-0.05, 0) is 68.8 Å². The molecule has 33 heavy (non-hydrogen) atoms. The number of carbonyl (C=O) groups is 3. The number of anilines is 1. The normalized spacial score (nSPS) is 14.6. The number of allylic oxidation sites excluding steroid dienone is 1. The summed E-state index contributed by atoms with van der Waals surface area (Å²) >= 11 is 0. The van der Waals surface area contributed by atoms with Crippen LogP contribution in [0.2, 0.25) is 0 Å². The van der Waals surface area contributed by atoms with E-state index in [0.29, 0.717) is 35.1 Å².